The maximum absolute atomic E-state index is 12.0. The second kappa shape index (κ2) is 21.0. The Morgan fingerprint density at radius 3 is 2.00 bits per heavy atom. The summed E-state index contributed by atoms with van der Waals surface area (Å²) in [6.45, 7) is 1.89. The summed E-state index contributed by atoms with van der Waals surface area (Å²) in [4.78, 5) is 34.7. The summed E-state index contributed by atoms with van der Waals surface area (Å²) in [6.07, 6.45) is 17.1. The third-order valence-electron chi connectivity index (χ3n) is 5.51. The highest BCUT2D eigenvalue weighted by Crippen LogP contribution is 2.22. The molecule has 0 rings (SSSR count). The van der Waals surface area contributed by atoms with E-state index in [1.165, 1.54) is 81.5 Å². The Labute approximate surface area is 204 Å². The van der Waals surface area contributed by atoms with E-state index in [4.69, 9.17) is 10.2 Å². The number of hydrogen-bond acceptors (Lipinski definition) is 5. The first-order chi connectivity index (χ1) is 15.8. The first kappa shape index (κ1) is 31.5. The fraction of sp³-hybridized carbons (Fsp3) is 0.800. The normalized spacial score (nSPS) is 13.2. The van der Waals surface area contributed by atoms with Gasteiger partial charge in [0.1, 0.15) is 6.54 Å². The minimum absolute atomic E-state index is 0.106. The summed E-state index contributed by atoms with van der Waals surface area (Å²) in [6, 6.07) is 0. The van der Waals surface area contributed by atoms with Crippen LogP contribution >= 0.6 is 11.8 Å². The lowest BCUT2D eigenvalue weighted by molar-refractivity contribution is -0.143. The van der Waals surface area contributed by atoms with Crippen LogP contribution in [-0.2, 0) is 14.4 Å². The lowest BCUT2D eigenvalue weighted by atomic mass is 10.1. The van der Waals surface area contributed by atoms with Gasteiger partial charge in [-0.2, -0.15) is 11.8 Å². The standard InChI is InChI=1S/C25H45NO6S/c1-3-4-5-6-7-8-9-10-11-12-13-14-15-22(21(27)16-17-24(29)30)33-19-18-23(28)26(2)20-25(31)32/h14-15,21-22,27H,3-13,16-20H2,1-2H3,(H,29,30)(H,31,32). The van der Waals surface area contributed by atoms with E-state index in [0.717, 1.165) is 12.8 Å². The van der Waals surface area contributed by atoms with Crippen molar-refractivity contribution in [2.75, 3.05) is 19.3 Å². The van der Waals surface area contributed by atoms with Crippen molar-refractivity contribution in [3.63, 3.8) is 0 Å². The fourth-order valence-electron chi connectivity index (χ4n) is 3.47. The van der Waals surface area contributed by atoms with Crippen LogP contribution in [-0.4, -0.2) is 68.8 Å². The van der Waals surface area contributed by atoms with Crippen LogP contribution in [0.15, 0.2) is 12.2 Å². The Morgan fingerprint density at radius 1 is 0.879 bits per heavy atom. The maximum atomic E-state index is 12.0. The van der Waals surface area contributed by atoms with Crippen LogP contribution in [0.3, 0.4) is 0 Å². The Kier molecular flexibility index (Phi) is 20.0. The molecular weight excluding hydrogens is 442 g/mol. The third kappa shape index (κ3) is 19.6. The van der Waals surface area contributed by atoms with E-state index >= 15 is 0 Å². The molecule has 0 aromatic carbocycles. The van der Waals surface area contributed by atoms with Crippen LogP contribution in [0.25, 0.3) is 0 Å². The molecule has 33 heavy (non-hydrogen) atoms. The van der Waals surface area contributed by atoms with E-state index in [2.05, 4.69) is 6.92 Å². The van der Waals surface area contributed by atoms with E-state index in [9.17, 15) is 19.5 Å². The topological polar surface area (TPSA) is 115 Å². The third-order valence-corrected chi connectivity index (χ3v) is 6.80. The van der Waals surface area contributed by atoms with Crippen LogP contribution in [0.1, 0.15) is 96.8 Å². The molecule has 0 bridgehead atoms. The number of aliphatic carboxylic acids is 2. The lowest BCUT2D eigenvalue weighted by Crippen LogP contribution is -2.32. The molecule has 0 aliphatic carbocycles. The molecule has 2 atom stereocenters. The van der Waals surface area contributed by atoms with Crippen molar-refractivity contribution < 1.29 is 29.7 Å². The van der Waals surface area contributed by atoms with Gasteiger partial charge in [0.05, 0.1) is 6.10 Å². The summed E-state index contributed by atoms with van der Waals surface area (Å²) >= 11 is 1.40. The van der Waals surface area contributed by atoms with Crippen molar-refractivity contribution in [2.45, 2.75) is 108 Å². The number of thioether (sulfide) groups is 1. The van der Waals surface area contributed by atoms with Gasteiger partial charge in [-0.3, -0.25) is 14.4 Å². The van der Waals surface area contributed by atoms with Gasteiger partial charge in [-0.25, -0.2) is 0 Å². The Balaban J connectivity index is 4.28. The first-order valence-corrected chi connectivity index (χ1v) is 13.5. The number of likely N-dealkylation sites (N-methyl/N-ethyl adjacent to an activating group) is 1. The van der Waals surface area contributed by atoms with Crippen LogP contribution in [0.4, 0.5) is 0 Å². The van der Waals surface area contributed by atoms with Crippen molar-refractivity contribution in [2.24, 2.45) is 0 Å². The monoisotopic (exact) mass is 487 g/mol. The minimum Gasteiger partial charge on any atom is -0.481 e. The molecule has 0 saturated heterocycles. The van der Waals surface area contributed by atoms with Gasteiger partial charge < -0.3 is 20.2 Å². The summed E-state index contributed by atoms with van der Waals surface area (Å²) < 4.78 is 0. The van der Waals surface area contributed by atoms with Gasteiger partial charge >= 0.3 is 11.9 Å². The number of aliphatic hydroxyl groups excluding tert-OH is 1. The number of rotatable bonds is 22. The molecule has 0 saturated carbocycles. The average Bonchev–Trinajstić information content (AvgIpc) is 2.76. The average molecular weight is 488 g/mol. The maximum Gasteiger partial charge on any atom is 0.323 e. The second-order valence-corrected chi connectivity index (χ2v) is 9.91. The zero-order valence-electron chi connectivity index (χ0n) is 20.5. The van der Waals surface area contributed by atoms with Crippen molar-refractivity contribution in [1.82, 2.24) is 4.90 Å². The molecule has 3 N–H and O–H groups in total. The highest BCUT2D eigenvalue weighted by Gasteiger charge is 2.19. The van der Waals surface area contributed by atoms with Crippen molar-refractivity contribution in [3.05, 3.63) is 12.2 Å². The van der Waals surface area contributed by atoms with E-state index < -0.39 is 18.0 Å². The predicted molar refractivity (Wildman–Crippen MR) is 135 cm³/mol. The van der Waals surface area contributed by atoms with Gasteiger partial charge in [0, 0.05) is 30.9 Å². The molecule has 0 heterocycles. The predicted octanol–water partition coefficient (Wildman–Crippen LogP) is 5.11. The van der Waals surface area contributed by atoms with E-state index in [1.807, 2.05) is 12.2 Å². The molecule has 7 nitrogen and oxygen atoms in total. The van der Waals surface area contributed by atoms with E-state index in [0.29, 0.717) is 5.75 Å². The van der Waals surface area contributed by atoms with Crippen LogP contribution in [0.5, 0.6) is 0 Å². The molecule has 0 aliphatic heterocycles. The molecule has 0 aliphatic rings. The number of unbranched alkanes of at least 4 members (excludes halogenated alkanes) is 10. The SMILES string of the molecule is CCCCCCCCCCCCC=CC(SCCC(=O)N(C)CC(=O)O)C(O)CCC(=O)O. The number of allylic oxidation sites excluding steroid dienone is 1. The van der Waals surface area contributed by atoms with Crippen molar-refractivity contribution in [3.8, 4) is 0 Å². The second-order valence-electron chi connectivity index (χ2n) is 8.63. The van der Waals surface area contributed by atoms with Crippen molar-refractivity contribution in [1.29, 1.82) is 0 Å². The molecule has 0 radical (unpaired) electrons. The molecular formula is C25H45NO6S. The van der Waals surface area contributed by atoms with Gasteiger partial charge in [0.2, 0.25) is 5.91 Å². The zero-order chi connectivity index (χ0) is 24.9. The first-order valence-electron chi connectivity index (χ1n) is 12.4. The minimum atomic E-state index is -1.06. The van der Waals surface area contributed by atoms with Gasteiger partial charge in [0.15, 0.2) is 0 Å². The zero-order valence-corrected chi connectivity index (χ0v) is 21.4. The van der Waals surface area contributed by atoms with Gasteiger partial charge in [-0.1, -0.05) is 76.9 Å². The number of carboxylic acids is 2. The van der Waals surface area contributed by atoms with E-state index in [1.54, 1.807) is 0 Å². The van der Waals surface area contributed by atoms with Gasteiger partial charge in [0.25, 0.3) is 0 Å². The number of carbonyl (C=O) groups excluding carboxylic acids is 1. The smallest absolute Gasteiger partial charge is 0.323 e. The van der Waals surface area contributed by atoms with Crippen LogP contribution in [0, 0.1) is 0 Å². The van der Waals surface area contributed by atoms with Gasteiger partial charge in [-0.05, 0) is 19.3 Å². The largest absolute Gasteiger partial charge is 0.481 e. The summed E-state index contributed by atoms with van der Waals surface area (Å²) in [5.74, 6) is -1.84. The van der Waals surface area contributed by atoms with Gasteiger partial charge in [-0.15, -0.1) is 0 Å². The van der Waals surface area contributed by atoms with E-state index in [-0.39, 0.29) is 37.0 Å². The Morgan fingerprint density at radius 2 is 1.45 bits per heavy atom. The van der Waals surface area contributed by atoms with Crippen LogP contribution in [0.2, 0.25) is 0 Å². The number of carboxylic acid groups (broad SMARTS) is 2. The number of carbonyl (C=O) groups is 3. The molecule has 0 aromatic heterocycles. The molecule has 0 aromatic rings. The molecule has 2 unspecified atom stereocenters. The number of hydrogen-bond donors (Lipinski definition) is 3. The summed E-state index contributed by atoms with van der Waals surface area (Å²) in [5.41, 5.74) is 0. The molecule has 1 amide bonds. The van der Waals surface area contributed by atoms with Crippen LogP contribution < -0.4 is 0 Å². The number of aliphatic hydroxyl groups is 1. The lowest BCUT2D eigenvalue weighted by Gasteiger charge is -2.20. The van der Waals surface area contributed by atoms with Crippen molar-refractivity contribution >= 4 is 29.6 Å². The molecule has 0 fully saturated rings. The quantitative estimate of drug-likeness (QED) is 0.143. The molecule has 192 valence electrons. The molecule has 0 spiro atoms. The highest BCUT2D eigenvalue weighted by atomic mass is 32.2. The summed E-state index contributed by atoms with van der Waals surface area (Å²) in [5, 5.41) is 27.8. The highest BCUT2D eigenvalue weighted by molar-refractivity contribution is 8.00. The Hall–Kier alpha value is -1.54. The molecule has 8 heteroatoms. The number of amides is 1. The fourth-order valence-corrected chi connectivity index (χ4v) is 4.62. The summed E-state index contributed by atoms with van der Waals surface area (Å²) in [7, 11) is 1.45. The number of nitrogens with zero attached hydrogens (tertiary/aromatic N) is 1. The Bertz CT molecular complexity index is 569.